The number of fused-ring (bicyclic) bond motifs is 9. The molecule has 11 rings (SSSR count). The highest BCUT2D eigenvalue weighted by Crippen LogP contribution is 2.61. The van der Waals surface area contributed by atoms with E-state index in [1.54, 1.807) is 0 Å². The van der Waals surface area contributed by atoms with Crippen molar-refractivity contribution in [2.24, 2.45) is 0 Å². The average Bonchev–Trinajstić information content (AvgIpc) is 3.54. The molecule has 8 aromatic rings. The lowest BCUT2D eigenvalue weighted by Gasteiger charge is -2.42. The van der Waals surface area contributed by atoms with Crippen molar-refractivity contribution in [3.63, 3.8) is 0 Å². The lowest BCUT2D eigenvalue weighted by molar-refractivity contribution is 0.357. The number of benzene rings is 7. The summed E-state index contributed by atoms with van der Waals surface area (Å²) in [5, 5.41) is 2.40. The van der Waals surface area contributed by atoms with Gasteiger partial charge in [-0.3, -0.25) is 0 Å². The summed E-state index contributed by atoms with van der Waals surface area (Å²) in [6.45, 7) is 0. The average molecular weight is 691 g/mol. The Balaban J connectivity index is 0.969. The van der Waals surface area contributed by atoms with Gasteiger partial charge in [0, 0.05) is 40.2 Å². The van der Waals surface area contributed by atoms with Gasteiger partial charge >= 0.3 is 0 Å². The SMILES string of the molecule is C1=CC(c2ccc(-c3cc(-c4ccc5ccccc5c4)nc(-c4ccccc4)n3)cc2)CC2=C1C1(c3ccccc3O2)c2ccccc2-c2ccccc21. The highest BCUT2D eigenvalue weighted by molar-refractivity contribution is 5.89. The van der Waals surface area contributed by atoms with Crippen molar-refractivity contribution in [3.8, 4) is 50.8 Å². The van der Waals surface area contributed by atoms with Crippen LogP contribution in [0.3, 0.4) is 0 Å². The molecule has 0 N–H and O–H groups in total. The molecule has 0 fully saturated rings. The third kappa shape index (κ3) is 4.68. The Bertz CT molecular complexity index is 2790. The molecule has 3 aliphatic rings. The molecule has 3 heteroatoms. The minimum Gasteiger partial charge on any atom is -0.461 e. The monoisotopic (exact) mass is 690 g/mol. The van der Waals surface area contributed by atoms with E-state index in [1.807, 2.05) is 18.2 Å². The van der Waals surface area contributed by atoms with Gasteiger partial charge in [0.25, 0.3) is 0 Å². The molecule has 0 saturated heterocycles. The number of hydrogen-bond donors (Lipinski definition) is 0. The molecule has 1 atom stereocenters. The second-order valence-corrected chi connectivity index (χ2v) is 14.5. The Morgan fingerprint density at radius 1 is 0.500 bits per heavy atom. The van der Waals surface area contributed by atoms with Gasteiger partial charge < -0.3 is 4.74 Å². The molecule has 54 heavy (non-hydrogen) atoms. The van der Waals surface area contributed by atoms with Crippen LogP contribution in [0.2, 0.25) is 0 Å². The van der Waals surface area contributed by atoms with Crippen LogP contribution in [-0.2, 0) is 5.41 Å². The van der Waals surface area contributed by atoms with Gasteiger partial charge in [-0.2, -0.15) is 0 Å². The first kappa shape index (κ1) is 30.8. The van der Waals surface area contributed by atoms with Gasteiger partial charge in [0.15, 0.2) is 5.82 Å². The number of nitrogens with zero attached hydrogens (tertiary/aromatic N) is 2. The molecule has 1 aromatic heterocycles. The third-order valence-corrected chi connectivity index (χ3v) is 11.5. The molecule has 1 unspecified atom stereocenters. The van der Waals surface area contributed by atoms with E-state index in [1.165, 1.54) is 49.7 Å². The second kappa shape index (κ2) is 12.1. The van der Waals surface area contributed by atoms with E-state index < -0.39 is 5.41 Å². The van der Waals surface area contributed by atoms with E-state index in [4.69, 9.17) is 14.7 Å². The highest BCUT2D eigenvalue weighted by atomic mass is 16.5. The summed E-state index contributed by atoms with van der Waals surface area (Å²) in [6, 6.07) is 62.7. The van der Waals surface area contributed by atoms with Crippen LogP contribution in [0.5, 0.6) is 5.75 Å². The lowest BCUT2D eigenvalue weighted by Crippen LogP contribution is -2.35. The number of hydrogen-bond acceptors (Lipinski definition) is 3. The maximum absolute atomic E-state index is 6.85. The molecule has 3 nitrogen and oxygen atoms in total. The van der Waals surface area contributed by atoms with Crippen molar-refractivity contribution >= 4 is 10.8 Å². The minimum absolute atomic E-state index is 0.172. The predicted octanol–water partition coefficient (Wildman–Crippen LogP) is 12.3. The fourth-order valence-corrected chi connectivity index (χ4v) is 9.01. The first-order valence-electron chi connectivity index (χ1n) is 18.7. The smallest absolute Gasteiger partial charge is 0.160 e. The Morgan fingerprint density at radius 3 is 1.87 bits per heavy atom. The van der Waals surface area contributed by atoms with Gasteiger partial charge in [0.2, 0.25) is 0 Å². The Kier molecular flexibility index (Phi) is 6.90. The van der Waals surface area contributed by atoms with Crippen LogP contribution in [0, 0.1) is 0 Å². The highest BCUT2D eigenvalue weighted by Gasteiger charge is 2.52. The maximum Gasteiger partial charge on any atom is 0.160 e. The molecule has 0 amide bonds. The molecule has 1 aliphatic heterocycles. The van der Waals surface area contributed by atoms with E-state index in [9.17, 15) is 0 Å². The van der Waals surface area contributed by atoms with Gasteiger partial charge in [0.1, 0.15) is 11.5 Å². The van der Waals surface area contributed by atoms with Crippen LogP contribution in [0.1, 0.15) is 34.6 Å². The molecule has 0 saturated carbocycles. The van der Waals surface area contributed by atoms with E-state index >= 15 is 0 Å². The molecule has 2 heterocycles. The van der Waals surface area contributed by atoms with E-state index in [2.05, 4.69) is 170 Å². The topological polar surface area (TPSA) is 35.0 Å². The zero-order chi connectivity index (χ0) is 35.6. The number of para-hydroxylation sites is 1. The summed E-state index contributed by atoms with van der Waals surface area (Å²) in [7, 11) is 0. The van der Waals surface area contributed by atoms with Crippen molar-refractivity contribution in [2.45, 2.75) is 17.8 Å². The van der Waals surface area contributed by atoms with Gasteiger partial charge in [-0.1, -0.05) is 170 Å². The van der Waals surface area contributed by atoms with Gasteiger partial charge in [-0.25, -0.2) is 9.97 Å². The second-order valence-electron chi connectivity index (χ2n) is 14.5. The third-order valence-electron chi connectivity index (χ3n) is 11.5. The molecule has 2 aliphatic carbocycles. The fraction of sp³-hybridized carbons (Fsp3) is 0.0588. The number of ether oxygens (including phenoxy) is 1. The van der Waals surface area contributed by atoms with E-state index in [0.29, 0.717) is 5.82 Å². The van der Waals surface area contributed by atoms with Crippen molar-refractivity contribution in [1.29, 1.82) is 0 Å². The largest absolute Gasteiger partial charge is 0.461 e. The van der Waals surface area contributed by atoms with Crippen molar-refractivity contribution in [2.75, 3.05) is 0 Å². The van der Waals surface area contributed by atoms with Crippen LogP contribution in [0.15, 0.2) is 199 Å². The Morgan fingerprint density at radius 2 is 1.11 bits per heavy atom. The summed E-state index contributed by atoms with van der Waals surface area (Å²) >= 11 is 0. The molecular formula is C51H34N2O. The fourth-order valence-electron chi connectivity index (χ4n) is 9.01. The van der Waals surface area contributed by atoms with Gasteiger partial charge in [-0.15, -0.1) is 0 Å². The molecule has 0 radical (unpaired) electrons. The normalized spacial score (nSPS) is 16.0. The maximum atomic E-state index is 6.85. The summed E-state index contributed by atoms with van der Waals surface area (Å²) in [6.07, 6.45) is 5.51. The first-order chi connectivity index (χ1) is 26.7. The zero-order valence-corrected chi connectivity index (χ0v) is 29.5. The summed E-state index contributed by atoms with van der Waals surface area (Å²) in [5.41, 5.74) is 13.4. The molecule has 0 bridgehead atoms. The molecule has 1 spiro atoms. The van der Waals surface area contributed by atoms with Crippen molar-refractivity contribution in [1.82, 2.24) is 9.97 Å². The van der Waals surface area contributed by atoms with Crippen LogP contribution in [0.25, 0.3) is 55.8 Å². The summed E-state index contributed by atoms with van der Waals surface area (Å²) in [5.74, 6) is 2.87. The number of allylic oxidation sites excluding steroid dienone is 4. The molecular weight excluding hydrogens is 657 g/mol. The molecule has 254 valence electrons. The standard InChI is InChI=1S/C51H34N2O/c1-2-13-36(14-3-1)50-52-46(32-47(53-50)39-27-24-33-12-4-5-15-37(33)30-39)35-25-22-34(23-26-35)38-28-29-45-49(31-38)54-48-21-11-10-20-44(48)51(45)42-18-8-6-16-40(42)41-17-7-9-19-43(41)51/h1-30,32,38H,31H2. The van der Waals surface area contributed by atoms with Gasteiger partial charge in [0.05, 0.1) is 16.8 Å². The van der Waals surface area contributed by atoms with Crippen molar-refractivity contribution in [3.05, 3.63) is 222 Å². The number of rotatable bonds is 4. The predicted molar refractivity (Wildman–Crippen MR) is 218 cm³/mol. The van der Waals surface area contributed by atoms with Crippen LogP contribution in [-0.4, -0.2) is 9.97 Å². The first-order valence-corrected chi connectivity index (χ1v) is 18.7. The quantitative estimate of drug-likeness (QED) is 0.184. The Labute approximate surface area is 314 Å². The minimum atomic E-state index is -0.422. The lowest BCUT2D eigenvalue weighted by atomic mass is 9.64. The molecule has 7 aromatic carbocycles. The zero-order valence-electron chi connectivity index (χ0n) is 29.5. The van der Waals surface area contributed by atoms with Crippen LogP contribution in [0.4, 0.5) is 0 Å². The van der Waals surface area contributed by atoms with Crippen molar-refractivity contribution < 1.29 is 4.74 Å². The van der Waals surface area contributed by atoms with Crippen LogP contribution < -0.4 is 4.74 Å². The summed E-state index contributed by atoms with van der Waals surface area (Å²) in [4.78, 5) is 10.2. The van der Waals surface area contributed by atoms with Gasteiger partial charge in [-0.05, 0) is 56.8 Å². The number of aromatic nitrogens is 2. The Hall–Kier alpha value is -6.84. The van der Waals surface area contributed by atoms with Crippen LogP contribution >= 0.6 is 0 Å². The van der Waals surface area contributed by atoms with E-state index in [0.717, 1.165) is 46.0 Å². The van der Waals surface area contributed by atoms with E-state index in [-0.39, 0.29) is 5.92 Å². The summed E-state index contributed by atoms with van der Waals surface area (Å²) < 4.78 is 6.85.